The maximum atomic E-state index is 13.2. The number of anilines is 3. The third-order valence-corrected chi connectivity index (χ3v) is 6.24. The third kappa shape index (κ3) is 5.15. The molecule has 1 fully saturated rings. The minimum atomic E-state index is -0.528. The predicted molar refractivity (Wildman–Crippen MR) is 132 cm³/mol. The summed E-state index contributed by atoms with van der Waals surface area (Å²) in [4.78, 5) is 39.3. The van der Waals surface area contributed by atoms with E-state index in [1.54, 1.807) is 16.8 Å². The first kappa shape index (κ1) is 24.3. The van der Waals surface area contributed by atoms with Gasteiger partial charge >= 0.3 is 6.09 Å². The van der Waals surface area contributed by atoms with Crippen molar-refractivity contribution in [2.24, 2.45) is 0 Å². The third-order valence-electron chi connectivity index (χ3n) is 5.79. The van der Waals surface area contributed by atoms with E-state index >= 15 is 0 Å². The van der Waals surface area contributed by atoms with E-state index in [1.807, 2.05) is 32.9 Å². The molecule has 182 valence electrons. The standard InChI is InChI=1S/C23H28Cl2N6O3/c1-23(2,3)34-22(33)31-11-9-30(10-12-31)17-6-5-16(18-14(17)7-8-29(4)20(18)32)27-19-15(24)13-26-21(25)28-19/h5-6,13H,7-12H2,1-4H3,(H,26,27,28). The quantitative estimate of drug-likeness (QED) is 0.623. The zero-order valence-electron chi connectivity index (χ0n) is 19.7. The highest BCUT2D eigenvalue weighted by Gasteiger charge is 2.31. The summed E-state index contributed by atoms with van der Waals surface area (Å²) >= 11 is 12.2. The van der Waals surface area contributed by atoms with Crippen molar-refractivity contribution in [2.75, 3.05) is 50.0 Å². The van der Waals surface area contributed by atoms with Crippen molar-refractivity contribution in [3.63, 3.8) is 0 Å². The van der Waals surface area contributed by atoms with Crippen LogP contribution in [0.1, 0.15) is 36.7 Å². The van der Waals surface area contributed by atoms with Crippen LogP contribution in [0.4, 0.5) is 22.0 Å². The molecule has 0 unspecified atom stereocenters. The van der Waals surface area contributed by atoms with Gasteiger partial charge in [-0.05, 0) is 56.5 Å². The first-order valence-electron chi connectivity index (χ1n) is 11.1. The molecule has 0 atom stereocenters. The maximum Gasteiger partial charge on any atom is 0.410 e. The van der Waals surface area contributed by atoms with E-state index in [0.29, 0.717) is 61.2 Å². The monoisotopic (exact) mass is 506 g/mol. The van der Waals surface area contributed by atoms with Crippen LogP contribution in [-0.4, -0.2) is 77.1 Å². The molecule has 2 aromatic rings. The molecule has 1 saturated heterocycles. The van der Waals surface area contributed by atoms with Crippen molar-refractivity contribution in [1.29, 1.82) is 0 Å². The van der Waals surface area contributed by atoms with Gasteiger partial charge in [-0.25, -0.2) is 9.78 Å². The fraction of sp³-hybridized carbons (Fsp3) is 0.478. The summed E-state index contributed by atoms with van der Waals surface area (Å²) in [5.74, 6) is 0.262. The van der Waals surface area contributed by atoms with Crippen LogP contribution in [0.3, 0.4) is 0 Å². The van der Waals surface area contributed by atoms with Crippen molar-refractivity contribution < 1.29 is 14.3 Å². The Balaban J connectivity index is 1.60. The highest BCUT2D eigenvalue weighted by molar-refractivity contribution is 6.33. The van der Waals surface area contributed by atoms with Crippen LogP contribution in [0.25, 0.3) is 0 Å². The first-order chi connectivity index (χ1) is 16.0. The van der Waals surface area contributed by atoms with Gasteiger partial charge in [0.1, 0.15) is 10.6 Å². The lowest BCUT2D eigenvalue weighted by Crippen LogP contribution is -2.50. The zero-order valence-corrected chi connectivity index (χ0v) is 21.2. The van der Waals surface area contributed by atoms with Crippen molar-refractivity contribution in [2.45, 2.75) is 32.8 Å². The van der Waals surface area contributed by atoms with Gasteiger partial charge in [-0.15, -0.1) is 0 Å². The van der Waals surface area contributed by atoms with Crippen LogP contribution in [-0.2, 0) is 11.2 Å². The Kier molecular flexibility index (Phi) is 6.78. The number of benzene rings is 1. The van der Waals surface area contributed by atoms with E-state index < -0.39 is 5.60 Å². The molecular formula is C23H28Cl2N6O3. The van der Waals surface area contributed by atoms with E-state index in [2.05, 4.69) is 20.2 Å². The number of carbonyl (C=O) groups is 2. The van der Waals surface area contributed by atoms with Crippen LogP contribution in [0.2, 0.25) is 10.3 Å². The lowest BCUT2D eigenvalue weighted by atomic mass is 9.94. The second-order valence-corrected chi connectivity index (χ2v) is 10.1. The second-order valence-electron chi connectivity index (χ2n) is 9.38. The number of fused-ring (bicyclic) bond motifs is 1. The first-order valence-corrected chi connectivity index (χ1v) is 11.9. The van der Waals surface area contributed by atoms with Crippen LogP contribution >= 0.6 is 23.2 Å². The topological polar surface area (TPSA) is 90.9 Å². The SMILES string of the molecule is CN1CCc2c(N3CCN(C(=O)OC(C)(C)C)CC3)ccc(Nc3nc(Cl)ncc3Cl)c2C1=O. The largest absolute Gasteiger partial charge is 0.444 e. The molecule has 1 aromatic carbocycles. The van der Waals surface area contributed by atoms with Gasteiger partial charge < -0.3 is 24.8 Å². The van der Waals surface area contributed by atoms with E-state index in [-0.39, 0.29) is 17.3 Å². The number of aromatic nitrogens is 2. The van der Waals surface area contributed by atoms with Gasteiger partial charge in [0.15, 0.2) is 5.82 Å². The van der Waals surface area contributed by atoms with Crippen LogP contribution in [0.15, 0.2) is 18.3 Å². The average Bonchev–Trinajstić information content (AvgIpc) is 2.78. The number of likely N-dealkylation sites (N-methyl/N-ethyl adjacent to an activating group) is 1. The number of nitrogens with one attached hydrogen (secondary N) is 1. The summed E-state index contributed by atoms with van der Waals surface area (Å²) < 4.78 is 5.50. The van der Waals surface area contributed by atoms with Gasteiger partial charge in [-0.3, -0.25) is 4.79 Å². The Hall–Kier alpha value is -2.78. The van der Waals surface area contributed by atoms with Crippen LogP contribution in [0, 0.1) is 0 Å². The van der Waals surface area contributed by atoms with Crippen molar-refractivity contribution >= 4 is 52.4 Å². The minimum Gasteiger partial charge on any atom is -0.444 e. The van der Waals surface area contributed by atoms with E-state index in [0.717, 1.165) is 11.3 Å². The van der Waals surface area contributed by atoms with Crippen LogP contribution in [0.5, 0.6) is 0 Å². The summed E-state index contributed by atoms with van der Waals surface area (Å²) in [6.07, 6.45) is 1.83. The molecule has 11 heteroatoms. The molecule has 2 amide bonds. The summed E-state index contributed by atoms with van der Waals surface area (Å²) in [5.41, 5.74) is 2.64. The van der Waals surface area contributed by atoms with Gasteiger partial charge in [0.25, 0.3) is 5.91 Å². The number of carbonyl (C=O) groups excluding carboxylic acids is 2. The molecule has 34 heavy (non-hydrogen) atoms. The number of rotatable bonds is 3. The molecule has 1 aromatic heterocycles. The summed E-state index contributed by atoms with van der Waals surface area (Å²) in [6, 6.07) is 3.86. The van der Waals surface area contributed by atoms with Crippen molar-refractivity contribution in [1.82, 2.24) is 19.8 Å². The molecule has 4 rings (SSSR count). The predicted octanol–water partition coefficient (Wildman–Crippen LogP) is 4.21. The van der Waals surface area contributed by atoms with E-state index in [4.69, 9.17) is 27.9 Å². The Bertz CT molecular complexity index is 1110. The van der Waals surface area contributed by atoms with Gasteiger partial charge in [0.2, 0.25) is 5.28 Å². The molecular weight excluding hydrogens is 479 g/mol. The number of amides is 2. The zero-order chi connectivity index (χ0) is 24.6. The Labute approximate surface area is 209 Å². The Morgan fingerprint density at radius 3 is 2.50 bits per heavy atom. The molecule has 0 aliphatic carbocycles. The van der Waals surface area contributed by atoms with E-state index in [9.17, 15) is 9.59 Å². The maximum absolute atomic E-state index is 13.2. The van der Waals surface area contributed by atoms with Crippen molar-refractivity contribution in [3.05, 3.63) is 39.8 Å². The number of nitrogens with zero attached hydrogens (tertiary/aromatic N) is 5. The van der Waals surface area contributed by atoms with Gasteiger partial charge in [0, 0.05) is 45.5 Å². The minimum absolute atomic E-state index is 0.0590. The van der Waals surface area contributed by atoms with Gasteiger partial charge in [0.05, 0.1) is 17.4 Å². The fourth-order valence-corrected chi connectivity index (χ4v) is 4.40. The molecule has 2 aliphatic heterocycles. The molecule has 2 aliphatic rings. The number of piperazine rings is 1. The molecule has 0 saturated carbocycles. The second kappa shape index (κ2) is 9.46. The average molecular weight is 507 g/mol. The van der Waals surface area contributed by atoms with E-state index in [1.165, 1.54) is 6.20 Å². The Morgan fingerprint density at radius 1 is 1.12 bits per heavy atom. The van der Waals surface area contributed by atoms with Gasteiger partial charge in [-0.2, -0.15) is 4.98 Å². The van der Waals surface area contributed by atoms with Crippen LogP contribution < -0.4 is 10.2 Å². The molecule has 9 nitrogen and oxygen atoms in total. The number of hydrogen-bond acceptors (Lipinski definition) is 7. The summed E-state index contributed by atoms with van der Waals surface area (Å²) in [6.45, 7) is 8.60. The smallest absolute Gasteiger partial charge is 0.410 e. The molecule has 3 heterocycles. The number of ether oxygens (including phenoxy) is 1. The highest BCUT2D eigenvalue weighted by atomic mass is 35.5. The van der Waals surface area contributed by atoms with Crippen molar-refractivity contribution in [3.8, 4) is 0 Å². The number of halogens is 2. The number of hydrogen-bond donors (Lipinski definition) is 1. The molecule has 1 N–H and O–H groups in total. The van der Waals surface area contributed by atoms with Gasteiger partial charge in [-0.1, -0.05) is 11.6 Å². The molecule has 0 radical (unpaired) electrons. The summed E-state index contributed by atoms with van der Waals surface area (Å²) in [5, 5.41) is 3.52. The Morgan fingerprint density at radius 2 is 1.82 bits per heavy atom. The normalized spacial score (nSPS) is 16.4. The molecule has 0 spiro atoms. The lowest BCUT2D eigenvalue weighted by molar-refractivity contribution is 0.0240. The highest BCUT2D eigenvalue weighted by Crippen LogP contribution is 2.36. The lowest BCUT2D eigenvalue weighted by Gasteiger charge is -2.39. The summed E-state index contributed by atoms with van der Waals surface area (Å²) in [7, 11) is 1.79. The fourth-order valence-electron chi connectivity index (χ4n) is 4.12. The molecule has 0 bridgehead atoms.